The number of fused-ring (bicyclic) bond motifs is 1. The van der Waals surface area contributed by atoms with Crippen molar-refractivity contribution in [3.8, 4) is 0 Å². The van der Waals surface area contributed by atoms with Gasteiger partial charge in [-0.3, -0.25) is 4.79 Å². The molecule has 1 aromatic rings. The Morgan fingerprint density at radius 2 is 2.00 bits per heavy atom. The molecule has 0 aliphatic heterocycles. The highest BCUT2D eigenvalue weighted by Crippen LogP contribution is 2.47. The molecule has 0 atom stereocenters. The highest BCUT2D eigenvalue weighted by Gasteiger charge is 2.46. The topological polar surface area (TPSA) is 37.3 Å². The summed E-state index contributed by atoms with van der Waals surface area (Å²) < 4.78 is 0.970. The van der Waals surface area contributed by atoms with E-state index >= 15 is 0 Å². The van der Waals surface area contributed by atoms with Gasteiger partial charge in [-0.25, -0.2) is 0 Å². The molecule has 0 amide bonds. The Morgan fingerprint density at radius 1 is 1.29 bits per heavy atom. The second-order valence-corrected chi connectivity index (χ2v) is 6.23. The van der Waals surface area contributed by atoms with Crippen LogP contribution >= 0.6 is 15.9 Å². The van der Waals surface area contributed by atoms with Gasteiger partial charge in [0.15, 0.2) is 5.78 Å². The van der Waals surface area contributed by atoms with Gasteiger partial charge < -0.3 is 5.11 Å². The van der Waals surface area contributed by atoms with Crippen molar-refractivity contribution in [2.45, 2.75) is 38.2 Å². The van der Waals surface area contributed by atoms with Crippen molar-refractivity contribution in [1.29, 1.82) is 0 Å². The molecule has 17 heavy (non-hydrogen) atoms. The zero-order valence-corrected chi connectivity index (χ0v) is 11.2. The fraction of sp³-hybridized carbons (Fsp3) is 0.500. The summed E-state index contributed by atoms with van der Waals surface area (Å²) in [4.78, 5) is 12.5. The van der Waals surface area contributed by atoms with Crippen molar-refractivity contribution in [1.82, 2.24) is 0 Å². The van der Waals surface area contributed by atoms with Gasteiger partial charge in [0.1, 0.15) is 0 Å². The summed E-state index contributed by atoms with van der Waals surface area (Å²) in [7, 11) is 0. The second kappa shape index (κ2) is 3.92. The number of carbonyl (C=O) groups is 1. The minimum absolute atomic E-state index is 0.205. The summed E-state index contributed by atoms with van der Waals surface area (Å²) in [6.07, 6.45) is 3.85. The minimum Gasteiger partial charge on any atom is -0.393 e. The van der Waals surface area contributed by atoms with Crippen LogP contribution in [0.25, 0.3) is 0 Å². The van der Waals surface area contributed by atoms with Crippen molar-refractivity contribution in [2.24, 2.45) is 5.41 Å². The quantitative estimate of drug-likeness (QED) is 0.798. The van der Waals surface area contributed by atoms with Gasteiger partial charge in [0.2, 0.25) is 0 Å². The summed E-state index contributed by atoms with van der Waals surface area (Å²) >= 11 is 3.42. The number of benzene rings is 1. The second-order valence-electron chi connectivity index (χ2n) is 5.32. The molecule has 1 fully saturated rings. The van der Waals surface area contributed by atoms with E-state index in [9.17, 15) is 9.90 Å². The first-order chi connectivity index (χ1) is 8.11. The molecule has 1 N–H and O–H groups in total. The molecular weight excluding hydrogens is 280 g/mol. The molecule has 0 unspecified atom stereocenters. The van der Waals surface area contributed by atoms with E-state index in [2.05, 4.69) is 22.0 Å². The summed E-state index contributed by atoms with van der Waals surface area (Å²) in [5.74, 6) is 0.292. The molecule has 2 nitrogen and oxygen atoms in total. The molecule has 0 saturated heterocycles. The molecule has 3 rings (SSSR count). The number of aliphatic hydroxyl groups is 1. The smallest absolute Gasteiger partial charge is 0.169 e. The van der Waals surface area contributed by atoms with Crippen LogP contribution in [0.5, 0.6) is 0 Å². The Balaban J connectivity index is 1.96. The van der Waals surface area contributed by atoms with Crippen LogP contribution in [-0.4, -0.2) is 17.0 Å². The maximum Gasteiger partial charge on any atom is 0.169 e. The van der Waals surface area contributed by atoms with E-state index in [1.54, 1.807) is 0 Å². The Hall–Kier alpha value is -0.670. The number of hydrogen-bond donors (Lipinski definition) is 1. The van der Waals surface area contributed by atoms with E-state index in [0.717, 1.165) is 42.1 Å². The third-order valence-electron chi connectivity index (χ3n) is 4.24. The first-order valence-corrected chi connectivity index (χ1v) is 6.91. The fourth-order valence-electron chi connectivity index (χ4n) is 3.20. The van der Waals surface area contributed by atoms with Crippen LogP contribution in [0.15, 0.2) is 22.7 Å². The van der Waals surface area contributed by atoms with Crippen LogP contribution in [0.1, 0.15) is 41.6 Å². The van der Waals surface area contributed by atoms with Crippen LogP contribution in [0.2, 0.25) is 0 Å². The highest BCUT2D eigenvalue weighted by atomic mass is 79.9. The monoisotopic (exact) mass is 294 g/mol. The molecular formula is C14H15BrO2. The third kappa shape index (κ3) is 1.76. The van der Waals surface area contributed by atoms with Gasteiger partial charge in [0.05, 0.1) is 6.10 Å². The zero-order chi connectivity index (χ0) is 12.0. The predicted molar refractivity (Wildman–Crippen MR) is 69.1 cm³/mol. The van der Waals surface area contributed by atoms with Crippen LogP contribution in [-0.2, 0) is 6.42 Å². The molecule has 0 radical (unpaired) electrons. The molecule has 2 aliphatic carbocycles. The summed E-state index contributed by atoms with van der Waals surface area (Å²) in [6, 6.07) is 6.00. The van der Waals surface area contributed by atoms with Crippen molar-refractivity contribution in [3.63, 3.8) is 0 Å². The number of hydrogen-bond acceptors (Lipinski definition) is 2. The van der Waals surface area contributed by atoms with E-state index in [1.165, 1.54) is 5.56 Å². The lowest BCUT2D eigenvalue weighted by Crippen LogP contribution is -2.34. The SMILES string of the molecule is O=C1c2cc(Br)ccc2C[C@]12CC[C@H](O)CC2. The first kappa shape index (κ1) is 11.4. The van der Waals surface area contributed by atoms with E-state index < -0.39 is 0 Å². The van der Waals surface area contributed by atoms with Gasteiger partial charge in [0, 0.05) is 15.5 Å². The molecule has 2 aliphatic rings. The average Bonchev–Trinajstić information content (AvgIpc) is 2.58. The average molecular weight is 295 g/mol. The molecule has 0 aromatic heterocycles. The van der Waals surface area contributed by atoms with E-state index in [1.807, 2.05) is 12.1 Å². The maximum atomic E-state index is 12.5. The predicted octanol–water partition coefficient (Wildman–Crippen LogP) is 3.11. The Morgan fingerprint density at radius 3 is 2.71 bits per heavy atom. The number of carbonyl (C=O) groups excluding carboxylic acids is 1. The number of aliphatic hydroxyl groups excluding tert-OH is 1. The van der Waals surface area contributed by atoms with Crippen molar-refractivity contribution < 1.29 is 9.90 Å². The molecule has 0 heterocycles. The van der Waals surface area contributed by atoms with Gasteiger partial charge in [-0.15, -0.1) is 0 Å². The van der Waals surface area contributed by atoms with Gasteiger partial charge >= 0.3 is 0 Å². The van der Waals surface area contributed by atoms with Crippen molar-refractivity contribution in [3.05, 3.63) is 33.8 Å². The maximum absolute atomic E-state index is 12.5. The third-order valence-corrected chi connectivity index (χ3v) is 4.73. The number of Topliss-reactive ketones (excluding diaryl/α,β-unsaturated/α-hetero) is 1. The van der Waals surface area contributed by atoms with Crippen LogP contribution in [0.4, 0.5) is 0 Å². The van der Waals surface area contributed by atoms with Crippen LogP contribution in [0, 0.1) is 5.41 Å². The lowest BCUT2D eigenvalue weighted by molar-refractivity contribution is 0.0513. The van der Waals surface area contributed by atoms with Gasteiger partial charge in [0.25, 0.3) is 0 Å². The van der Waals surface area contributed by atoms with Crippen molar-refractivity contribution in [2.75, 3.05) is 0 Å². The lowest BCUT2D eigenvalue weighted by atomic mass is 9.70. The normalized spacial score (nSPS) is 31.9. The minimum atomic E-state index is -0.206. The number of rotatable bonds is 0. The molecule has 3 heteroatoms. The summed E-state index contributed by atoms with van der Waals surface area (Å²) in [5.41, 5.74) is 1.85. The highest BCUT2D eigenvalue weighted by molar-refractivity contribution is 9.10. The molecule has 1 aromatic carbocycles. The van der Waals surface area contributed by atoms with E-state index in [-0.39, 0.29) is 11.5 Å². The zero-order valence-electron chi connectivity index (χ0n) is 9.58. The Bertz CT molecular complexity index is 473. The van der Waals surface area contributed by atoms with Crippen molar-refractivity contribution >= 4 is 21.7 Å². The van der Waals surface area contributed by atoms with Crippen LogP contribution < -0.4 is 0 Å². The van der Waals surface area contributed by atoms with Crippen LogP contribution in [0.3, 0.4) is 0 Å². The van der Waals surface area contributed by atoms with Gasteiger partial charge in [-0.05, 0) is 49.8 Å². The fourth-order valence-corrected chi connectivity index (χ4v) is 3.56. The molecule has 90 valence electrons. The lowest BCUT2D eigenvalue weighted by Gasteiger charge is -2.33. The Kier molecular flexibility index (Phi) is 2.64. The summed E-state index contributed by atoms with van der Waals surface area (Å²) in [6.45, 7) is 0. The first-order valence-electron chi connectivity index (χ1n) is 6.12. The van der Waals surface area contributed by atoms with Gasteiger partial charge in [-0.2, -0.15) is 0 Å². The molecule has 1 spiro atoms. The number of halogens is 1. The molecule has 1 saturated carbocycles. The summed E-state index contributed by atoms with van der Waals surface area (Å²) in [5, 5.41) is 9.58. The Labute approximate surface area is 109 Å². The van der Waals surface area contributed by atoms with E-state index in [0.29, 0.717) is 5.78 Å². The number of ketones is 1. The molecule has 0 bridgehead atoms. The van der Waals surface area contributed by atoms with E-state index in [4.69, 9.17) is 0 Å². The largest absolute Gasteiger partial charge is 0.393 e. The van der Waals surface area contributed by atoms with Gasteiger partial charge in [-0.1, -0.05) is 22.0 Å². The standard InChI is InChI=1S/C14H15BrO2/c15-10-2-1-9-8-14(13(17)12(9)7-10)5-3-11(16)4-6-14/h1-2,7,11,16H,3-6,8H2/t11-,14+.